The van der Waals surface area contributed by atoms with Gasteiger partial charge in [0.1, 0.15) is 23.2 Å². The molecule has 0 unspecified atom stereocenters. The molecular formula is C22H24N4O5. The van der Waals surface area contributed by atoms with Crippen molar-refractivity contribution in [2.75, 3.05) is 0 Å². The Bertz CT molecular complexity index is 962. The number of hydrogen-bond donors (Lipinski definition) is 6. The van der Waals surface area contributed by atoms with Crippen LogP contribution in [-0.4, -0.2) is 33.8 Å². The topological polar surface area (TPSA) is 187 Å². The summed E-state index contributed by atoms with van der Waals surface area (Å²) in [7, 11) is 0. The Kier molecular flexibility index (Phi) is 9.19. The highest BCUT2D eigenvalue weighted by Crippen LogP contribution is 2.28. The summed E-state index contributed by atoms with van der Waals surface area (Å²) in [6, 6.07) is 18.5. The summed E-state index contributed by atoms with van der Waals surface area (Å²) in [6.45, 7) is 2.17. The van der Waals surface area contributed by atoms with Crippen LogP contribution in [0.5, 0.6) is 0 Å². The third kappa shape index (κ3) is 8.65. The normalized spacial score (nSPS) is 9.35. The first-order chi connectivity index (χ1) is 14.5. The average molecular weight is 424 g/mol. The second-order valence-corrected chi connectivity index (χ2v) is 6.18. The molecule has 8 N–H and O–H groups in total. The molecule has 3 rings (SSSR count). The summed E-state index contributed by atoms with van der Waals surface area (Å²) >= 11 is 0. The monoisotopic (exact) mass is 424 g/mol. The van der Waals surface area contributed by atoms with Gasteiger partial charge in [-0.05, 0) is 12.1 Å². The van der Waals surface area contributed by atoms with Crippen LogP contribution in [-0.2, 0) is 9.59 Å². The van der Waals surface area contributed by atoms with E-state index in [-0.39, 0.29) is 11.7 Å². The number of nitrogens with two attached hydrogens (primary N) is 2. The Balaban J connectivity index is 0.000000519. The zero-order valence-electron chi connectivity index (χ0n) is 17.0. The van der Waals surface area contributed by atoms with Gasteiger partial charge < -0.3 is 26.1 Å². The second kappa shape index (κ2) is 11.6. The molecule has 0 radical (unpaired) electrons. The van der Waals surface area contributed by atoms with E-state index in [0.29, 0.717) is 11.1 Å². The molecule has 0 amide bonds. The number of carboxylic acids is 2. The maximum absolute atomic E-state index is 9.00. The van der Waals surface area contributed by atoms with Crippen LogP contribution in [0.25, 0.3) is 22.6 Å². The molecule has 9 nitrogen and oxygen atoms in total. The lowest BCUT2D eigenvalue weighted by molar-refractivity contribution is -0.135. The predicted octanol–water partition coefficient (Wildman–Crippen LogP) is 3.36. The number of rotatable bonds is 4. The average Bonchev–Trinajstić information content (AvgIpc) is 3.17. The number of carbonyl (C=O) groups is 2. The van der Waals surface area contributed by atoms with Crippen molar-refractivity contribution in [2.45, 2.75) is 13.8 Å². The van der Waals surface area contributed by atoms with Gasteiger partial charge in [0.15, 0.2) is 0 Å². The highest BCUT2D eigenvalue weighted by atomic mass is 16.4. The van der Waals surface area contributed by atoms with Crippen LogP contribution in [0.4, 0.5) is 0 Å². The lowest BCUT2D eigenvalue weighted by Gasteiger charge is -2.02. The van der Waals surface area contributed by atoms with Crippen LogP contribution in [0.15, 0.2) is 65.1 Å². The van der Waals surface area contributed by atoms with E-state index in [1.54, 1.807) is 24.3 Å². The van der Waals surface area contributed by atoms with Gasteiger partial charge in [-0.15, -0.1) is 0 Å². The number of benzene rings is 2. The maximum atomic E-state index is 9.00. The number of aliphatic carboxylic acids is 2. The van der Waals surface area contributed by atoms with Gasteiger partial charge in [-0.1, -0.05) is 48.5 Å². The fraction of sp³-hybridized carbons (Fsp3) is 0.0909. The molecule has 0 saturated heterocycles. The van der Waals surface area contributed by atoms with Gasteiger partial charge in [-0.25, -0.2) is 0 Å². The minimum Gasteiger partial charge on any atom is -0.481 e. The van der Waals surface area contributed by atoms with E-state index < -0.39 is 11.9 Å². The van der Waals surface area contributed by atoms with E-state index in [1.165, 1.54) is 0 Å². The fourth-order valence-corrected chi connectivity index (χ4v) is 2.28. The zero-order chi connectivity index (χ0) is 23.6. The first-order valence-corrected chi connectivity index (χ1v) is 8.89. The molecule has 0 atom stereocenters. The predicted molar refractivity (Wildman–Crippen MR) is 118 cm³/mol. The first kappa shape index (κ1) is 24.6. The van der Waals surface area contributed by atoms with Gasteiger partial charge in [0, 0.05) is 36.1 Å². The molecule has 162 valence electrons. The zero-order valence-corrected chi connectivity index (χ0v) is 17.0. The second-order valence-electron chi connectivity index (χ2n) is 6.18. The van der Waals surface area contributed by atoms with E-state index in [1.807, 2.05) is 36.4 Å². The molecule has 0 fully saturated rings. The SMILES string of the molecule is CC(=O)O.CC(=O)O.N=C(N)c1ccc(-c2ccc(-c3ccc(C(=N)N)cc3)o2)cc1. The van der Waals surface area contributed by atoms with E-state index in [9.17, 15) is 0 Å². The van der Waals surface area contributed by atoms with Gasteiger partial charge >= 0.3 is 0 Å². The van der Waals surface area contributed by atoms with Crippen molar-refractivity contribution >= 4 is 23.6 Å². The van der Waals surface area contributed by atoms with Crippen molar-refractivity contribution in [3.8, 4) is 22.6 Å². The molecule has 2 aromatic carbocycles. The molecule has 0 spiro atoms. The van der Waals surface area contributed by atoms with Gasteiger partial charge in [-0.2, -0.15) is 0 Å². The van der Waals surface area contributed by atoms with Crippen molar-refractivity contribution in [3.05, 3.63) is 71.8 Å². The molecule has 0 aliphatic carbocycles. The van der Waals surface area contributed by atoms with Gasteiger partial charge in [0.25, 0.3) is 11.9 Å². The van der Waals surface area contributed by atoms with E-state index in [2.05, 4.69) is 0 Å². The number of furan rings is 1. The molecule has 9 heteroatoms. The largest absolute Gasteiger partial charge is 0.481 e. The molecule has 1 heterocycles. The van der Waals surface area contributed by atoms with E-state index in [4.69, 9.17) is 46.5 Å². The van der Waals surface area contributed by atoms with E-state index >= 15 is 0 Å². The number of nitrogen functional groups attached to an aromatic ring is 2. The Morgan fingerprint density at radius 1 is 0.677 bits per heavy atom. The number of carboxylic acid groups (broad SMARTS) is 2. The summed E-state index contributed by atoms with van der Waals surface area (Å²) in [6.07, 6.45) is 0. The molecule has 0 aliphatic heterocycles. The van der Waals surface area contributed by atoms with Crippen molar-refractivity contribution in [2.24, 2.45) is 11.5 Å². The summed E-state index contributed by atoms with van der Waals surface area (Å²) in [5.74, 6) is -0.0963. The van der Waals surface area contributed by atoms with Crippen LogP contribution in [0.1, 0.15) is 25.0 Å². The lowest BCUT2D eigenvalue weighted by Crippen LogP contribution is -2.10. The Hall–Kier alpha value is -4.40. The number of hydrogen-bond acceptors (Lipinski definition) is 5. The standard InChI is InChI=1S/C18H16N4O.2C2H4O2/c19-17(20)13-5-1-11(2-6-13)15-9-10-16(23-15)12-3-7-14(8-4-12)18(21)22;2*1-2(3)4/h1-10H,(H3,19,20)(H3,21,22);2*1H3,(H,3,4). The minimum atomic E-state index is -0.833. The molecule has 1 aromatic heterocycles. The van der Waals surface area contributed by atoms with Crippen LogP contribution in [0.2, 0.25) is 0 Å². The van der Waals surface area contributed by atoms with Gasteiger partial charge in [0.2, 0.25) is 0 Å². The smallest absolute Gasteiger partial charge is 0.300 e. The van der Waals surface area contributed by atoms with Crippen LogP contribution in [0, 0.1) is 10.8 Å². The van der Waals surface area contributed by atoms with Crippen LogP contribution in [0.3, 0.4) is 0 Å². The van der Waals surface area contributed by atoms with Crippen molar-refractivity contribution in [1.82, 2.24) is 0 Å². The molecule has 31 heavy (non-hydrogen) atoms. The van der Waals surface area contributed by atoms with Gasteiger partial charge in [-0.3, -0.25) is 20.4 Å². The molecule has 3 aromatic rings. The Labute approximate surface area is 179 Å². The molecule has 0 bridgehead atoms. The summed E-state index contributed by atoms with van der Waals surface area (Å²) in [5, 5.41) is 29.6. The summed E-state index contributed by atoms with van der Waals surface area (Å²) in [5.41, 5.74) is 14.1. The maximum Gasteiger partial charge on any atom is 0.300 e. The van der Waals surface area contributed by atoms with E-state index in [0.717, 1.165) is 36.5 Å². The Morgan fingerprint density at radius 2 is 0.935 bits per heavy atom. The quantitative estimate of drug-likeness (QED) is 0.273. The Morgan fingerprint density at radius 3 is 1.16 bits per heavy atom. The third-order valence-corrected chi connectivity index (χ3v) is 3.57. The lowest BCUT2D eigenvalue weighted by atomic mass is 10.1. The van der Waals surface area contributed by atoms with Crippen LogP contribution < -0.4 is 11.5 Å². The van der Waals surface area contributed by atoms with Crippen LogP contribution >= 0.6 is 0 Å². The number of amidine groups is 2. The highest BCUT2D eigenvalue weighted by molar-refractivity contribution is 5.95. The molecule has 0 saturated carbocycles. The van der Waals surface area contributed by atoms with Crippen molar-refractivity contribution in [1.29, 1.82) is 10.8 Å². The first-order valence-electron chi connectivity index (χ1n) is 8.89. The number of nitrogens with one attached hydrogen (secondary N) is 2. The highest BCUT2D eigenvalue weighted by Gasteiger charge is 2.08. The van der Waals surface area contributed by atoms with Gasteiger partial charge in [0.05, 0.1) is 0 Å². The summed E-state index contributed by atoms with van der Waals surface area (Å²) < 4.78 is 5.89. The molecular weight excluding hydrogens is 400 g/mol. The minimum absolute atomic E-state index is 0.0437. The third-order valence-electron chi connectivity index (χ3n) is 3.57. The molecule has 0 aliphatic rings. The fourth-order valence-electron chi connectivity index (χ4n) is 2.28. The van der Waals surface area contributed by atoms with Crippen molar-refractivity contribution < 1.29 is 24.2 Å². The van der Waals surface area contributed by atoms with Crippen molar-refractivity contribution in [3.63, 3.8) is 0 Å². The summed E-state index contributed by atoms with van der Waals surface area (Å²) in [4.78, 5) is 18.0.